The number of aromatic nitrogens is 2. The summed E-state index contributed by atoms with van der Waals surface area (Å²) in [6, 6.07) is 16.7. The van der Waals surface area contributed by atoms with Gasteiger partial charge in [0.05, 0.1) is 16.6 Å². The molecule has 1 heterocycles. The monoisotopic (exact) mass is 382 g/mol. The van der Waals surface area contributed by atoms with E-state index in [-0.39, 0.29) is 16.7 Å². The molecule has 0 saturated heterocycles. The smallest absolute Gasteiger partial charge is 0.295 e. The second-order valence-corrected chi connectivity index (χ2v) is 7.67. The number of amides is 1. The molecule has 3 rings (SSSR count). The van der Waals surface area contributed by atoms with Crippen LogP contribution in [-0.2, 0) is 11.8 Å². The van der Waals surface area contributed by atoms with Crippen LogP contribution in [0.15, 0.2) is 64.3 Å². The average molecular weight is 382 g/mol. The highest BCUT2D eigenvalue weighted by Crippen LogP contribution is 2.26. The molecule has 2 aromatic carbocycles. The van der Waals surface area contributed by atoms with E-state index in [2.05, 4.69) is 5.32 Å². The van der Waals surface area contributed by atoms with Crippen LogP contribution in [0.4, 0.5) is 11.4 Å². The van der Waals surface area contributed by atoms with Crippen molar-refractivity contribution in [2.45, 2.75) is 24.0 Å². The van der Waals surface area contributed by atoms with Gasteiger partial charge >= 0.3 is 0 Å². The van der Waals surface area contributed by atoms with Crippen molar-refractivity contribution in [3.05, 3.63) is 70.6 Å². The van der Waals surface area contributed by atoms with E-state index in [1.165, 1.54) is 11.8 Å². The van der Waals surface area contributed by atoms with Crippen molar-refractivity contribution in [1.29, 1.82) is 0 Å². The highest BCUT2D eigenvalue weighted by molar-refractivity contribution is 8.00. The van der Waals surface area contributed by atoms with E-state index in [0.717, 1.165) is 10.6 Å². The van der Waals surface area contributed by atoms with Crippen molar-refractivity contribution < 1.29 is 4.79 Å². The Hall–Kier alpha value is -2.93. The number of nitrogens with two attached hydrogens (primary N) is 1. The molecule has 140 valence electrons. The van der Waals surface area contributed by atoms with Crippen molar-refractivity contribution in [1.82, 2.24) is 9.36 Å². The van der Waals surface area contributed by atoms with Crippen LogP contribution in [0.3, 0.4) is 0 Å². The molecule has 0 aliphatic heterocycles. The highest BCUT2D eigenvalue weighted by atomic mass is 32.2. The number of benzene rings is 2. The van der Waals surface area contributed by atoms with E-state index in [4.69, 9.17) is 5.73 Å². The molecule has 1 atom stereocenters. The Bertz CT molecular complexity index is 1020. The van der Waals surface area contributed by atoms with Crippen LogP contribution in [0.2, 0.25) is 0 Å². The lowest BCUT2D eigenvalue weighted by atomic mass is 10.3. The Labute approximate surface area is 162 Å². The number of rotatable bonds is 5. The van der Waals surface area contributed by atoms with Crippen LogP contribution < -0.4 is 16.6 Å². The Morgan fingerprint density at radius 2 is 1.85 bits per heavy atom. The molecular weight excluding hydrogens is 360 g/mol. The van der Waals surface area contributed by atoms with Crippen molar-refractivity contribution in [2.75, 3.05) is 11.1 Å². The van der Waals surface area contributed by atoms with Gasteiger partial charge in [0.1, 0.15) is 5.69 Å². The zero-order chi connectivity index (χ0) is 19.6. The predicted molar refractivity (Wildman–Crippen MR) is 111 cm³/mol. The first-order valence-corrected chi connectivity index (χ1v) is 9.43. The highest BCUT2D eigenvalue weighted by Gasteiger charge is 2.21. The number of para-hydroxylation sites is 1. The topological polar surface area (TPSA) is 82.1 Å². The molecule has 0 radical (unpaired) electrons. The minimum absolute atomic E-state index is 0.228. The molecular formula is C20H22N4O2S. The summed E-state index contributed by atoms with van der Waals surface area (Å²) in [4.78, 5) is 26.4. The van der Waals surface area contributed by atoms with Crippen LogP contribution in [0, 0.1) is 6.92 Å². The van der Waals surface area contributed by atoms with Crippen molar-refractivity contribution in [2.24, 2.45) is 7.05 Å². The number of carbonyl (C=O) groups excluding carboxylic acids is 1. The van der Waals surface area contributed by atoms with Gasteiger partial charge < -0.3 is 11.1 Å². The first-order valence-electron chi connectivity index (χ1n) is 8.55. The molecule has 0 spiro atoms. The lowest BCUT2D eigenvalue weighted by Crippen LogP contribution is -2.27. The molecule has 0 fully saturated rings. The molecule has 27 heavy (non-hydrogen) atoms. The lowest BCUT2D eigenvalue weighted by Gasteiger charge is -2.11. The van der Waals surface area contributed by atoms with Gasteiger partial charge in [-0.1, -0.05) is 24.3 Å². The summed E-state index contributed by atoms with van der Waals surface area (Å²) in [5.74, 6) is -0.228. The van der Waals surface area contributed by atoms with Crippen LogP contribution in [0.1, 0.15) is 12.6 Å². The fourth-order valence-corrected chi connectivity index (χ4v) is 3.72. The predicted octanol–water partition coefficient (Wildman–Crippen LogP) is 3.19. The number of hydrogen-bond acceptors (Lipinski definition) is 4. The Kier molecular flexibility index (Phi) is 5.41. The van der Waals surface area contributed by atoms with Gasteiger partial charge in [-0.3, -0.25) is 14.3 Å². The number of nitrogen functional groups attached to an aromatic ring is 1. The van der Waals surface area contributed by atoms with Gasteiger partial charge in [0.15, 0.2) is 0 Å². The van der Waals surface area contributed by atoms with Gasteiger partial charge in [-0.15, -0.1) is 11.8 Å². The molecule has 0 aliphatic carbocycles. The summed E-state index contributed by atoms with van der Waals surface area (Å²) in [5.41, 5.74) is 7.92. The minimum Gasteiger partial charge on any atom is -0.399 e. The van der Waals surface area contributed by atoms with Gasteiger partial charge in [-0.25, -0.2) is 4.68 Å². The second-order valence-electron chi connectivity index (χ2n) is 6.26. The molecule has 1 amide bonds. The molecule has 0 aliphatic rings. The van der Waals surface area contributed by atoms with Crippen molar-refractivity contribution >= 4 is 29.0 Å². The van der Waals surface area contributed by atoms with Gasteiger partial charge in [0.2, 0.25) is 5.91 Å². The van der Waals surface area contributed by atoms with Gasteiger partial charge in [0.25, 0.3) is 5.56 Å². The number of nitrogens with zero attached hydrogens (tertiary/aromatic N) is 2. The van der Waals surface area contributed by atoms with Gasteiger partial charge in [0, 0.05) is 17.6 Å². The number of anilines is 2. The zero-order valence-electron chi connectivity index (χ0n) is 15.5. The van der Waals surface area contributed by atoms with Gasteiger partial charge in [-0.05, 0) is 44.2 Å². The first kappa shape index (κ1) is 18.8. The summed E-state index contributed by atoms with van der Waals surface area (Å²) in [6.07, 6.45) is 0. The van der Waals surface area contributed by atoms with E-state index in [1.807, 2.05) is 55.5 Å². The summed E-state index contributed by atoms with van der Waals surface area (Å²) in [5, 5.41) is 2.42. The normalized spacial score (nSPS) is 12.0. The standard InChI is InChI=1S/C20H22N4O2S/c1-13-18(20(26)24(23(13)3)16-9-5-4-6-10-16)22-19(25)14(2)27-17-11-7-8-15(21)12-17/h4-12,14H,21H2,1-3H3,(H,22,25). The molecule has 7 heteroatoms. The van der Waals surface area contributed by atoms with E-state index >= 15 is 0 Å². The quantitative estimate of drug-likeness (QED) is 0.524. The summed E-state index contributed by atoms with van der Waals surface area (Å²) >= 11 is 1.40. The third-order valence-corrected chi connectivity index (χ3v) is 5.44. The summed E-state index contributed by atoms with van der Waals surface area (Å²) in [7, 11) is 1.80. The summed E-state index contributed by atoms with van der Waals surface area (Å²) in [6.45, 7) is 3.61. The van der Waals surface area contributed by atoms with E-state index < -0.39 is 0 Å². The van der Waals surface area contributed by atoms with Crippen LogP contribution in [-0.4, -0.2) is 20.5 Å². The van der Waals surface area contributed by atoms with E-state index in [9.17, 15) is 9.59 Å². The maximum absolute atomic E-state index is 12.9. The fourth-order valence-electron chi connectivity index (χ4n) is 2.78. The maximum Gasteiger partial charge on any atom is 0.295 e. The van der Waals surface area contributed by atoms with E-state index in [0.29, 0.717) is 17.1 Å². The largest absolute Gasteiger partial charge is 0.399 e. The Balaban J connectivity index is 1.83. The molecule has 3 N–H and O–H groups in total. The zero-order valence-corrected chi connectivity index (χ0v) is 16.3. The molecule has 1 aromatic heterocycles. The molecule has 3 aromatic rings. The third-order valence-electron chi connectivity index (χ3n) is 4.34. The van der Waals surface area contributed by atoms with Crippen molar-refractivity contribution in [3.63, 3.8) is 0 Å². The maximum atomic E-state index is 12.9. The Morgan fingerprint density at radius 1 is 1.15 bits per heavy atom. The number of thioether (sulfide) groups is 1. The lowest BCUT2D eigenvalue weighted by molar-refractivity contribution is -0.115. The molecule has 0 saturated carbocycles. The SMILES string of the molecule is Cc1c(NC(=O)C(C)Sc2cccc(N)c2)c(=O)n(-c2ccccc2)n1C. The molecule has 6 nitrogen and oxygen atoms in total. The molecule has 1 unspecified atom stereocenters. The second kappa shape index (κ2) is 7.75. The number of carbonyl (C=O) groups is 1. The number of nitrogens with one attached hydrogen (secondary N) is 1. The third kappa shape index (κ3) is 3.93. The van der Waals surface area contributed by atoms with Crippen LogP contribution in [0.25, 0.3) is 5.69 Å². The fraction of sp³-hybridized carbons (Fsp3) is 0.200. The first-order chi connectivity index (χ1) is 12.9. The van der Waals surface area contributed by atoms with Crippen LogP contribution in [0.5, 0.6) is 0 Å². The minimum atomic E-state index is -0.379. The average Bonchev–Trinajstić information content (AvgIpc) is 2.85. The number of hydrogen-bond donors (Lipinski definition) is 2. The molecule has 0 bridgehead atoms. The van der Waals surface area contributed by atoms with Crippen molar-refractivity contribution in [3.8, 4) is 5.69 Å². The van der Waals surface area contributed by atoms with E-state index in [1.54, 1.807) is 29.4 Å². The van der Waals surface area contributed by atoms with Crippen LogP contribution >= 0.6 is 11.8 Å². The summed E-state index contributed by atoms with van der Waals surface area (Å²) < 4.78 is 3.28. The Morgan fingerprint density at radius 3 is 2.52 bits per heavy atom. The van der Waals surface area contributed by atoms with Gasteiger partial charge in [-0.2, -0.15) is 0 Å².